The normalized spacial score (nSPS) is 28.5. The molecule has 0 saturated carbocycles. The van der Waals surface area contributed by atoms with Crippen LogP contribution in [0.5, 0.6) is 0 Å². The molecule has 0 aliphatic carbocycles. The van der Waals surface area contributed by atoms with E-state index in [0.29, 0.717) is 12.8 Å². The van der Waals surface area contributed by atoms with E-state index in [9.17, 15) is 20.7 Å². The lowest BCUT2D eigenvalue weighted by Crippen LogP contribution is -2.31. The zero-order valence-corrected chi connectivity index (χ0v) is 10.2. The highest BCUT2D eigenvalue weighted by molar-refractivity contribution is 7.91. The van der Waals surface area contributed by atoms with Crippen molar-refractivity contribution in [3.8, 4) is 0 Å². The van der Waals surface area contributed by atoms with E-state index in [1.54, 1.807) is 6.92 Å². The van der Waals surface area contributed by atoms with Crippen molar-refractivity contribution in [3.63, 3.8) is 0 Å². The van der Waals surface area contributed by atoms with E-state index >= 15 is 0 Å². The molecule has 15 heavy (non-hydrogen) atoms. The maximum atomic E-state index is 12.4. The van der Waals surface area contributed by atoms with Crippen LogP contribution in [0.1, 0.15) is 19.8 Å². The van der Waals surface area contributed by atoms with Gasteiger partial charge in [0.05, 0.1) is 17.3 Å². The Morgan fingerprint density at radius 1 is 1.47 bits per heavy atom. The van der Waals surface area contributed by atoms with Gasteiger partial charge < -0.3 is 0 Å². The highest BCUT2D eigenvalue weighted by Crippen LogP contribution is 2.26. The molecule has 0 aromatic carbocycles. The van der Waals surface area contributed by atoms with Crippen LogP contribution < -0.4 is 0 Å². The third-order valence-electron chi connectivity index (χ3n) is 2.76. The van der Waals surface area contributed by atoms with Gasteiger partial charge >= 0.3 is 10.2 Å². The Kier molecular flexibility index (Phi) is 3.76. The van der Waals surface area contributed by atoms with Gasteiger partial charge in [0.1, 0.15) is 0 Å². The van der Waals surface area contributed by atoms with Crippen LogP contribution >= 0.6 is 0 Å². The Labute approximate surface area is 90.0 Å². The molecule has 2 unspecified atom stereocenters. The van der Waals surface area contributed by atoms with Gasteiger partial charge in [0.2, 0.25) is 0 Å². The van der Waals surface area contributed by atoms with Crippen molar-refractivity contribution in [3.05, 3.63) is 0 Å². The van der Waals surface area contributed by atoms with Crippen LogP contribution in [0.25, 0.3) is 0 Å². The molecule has 1 heterocycles. The van der Waals surface area contributed by atoms with Crippen LogP contribution in [0.15, 0.2) is 0 Å². The molecule has 0 bridgehead atoms. The third-order valence-corrected chi connectivity index (χ3v) is 5.54. The Bertz CT molecular complexity index is 412. The lowest BCUT2D eigenvalue weighted by atomic mass is 9.93. The molecular weight excluding hydrogens is 243 g/mol. The summed E-state index contributed by atoms with van der Waals surface area (Å²) in [7, 11) is -7.55. The predicted molar refractivity (Wildman–Crippen MR) is 55.4 cm³/mol. The van der Waals surface area contributed by atoms with E-state index < -0.39 is 31.7 Å². The summed E-state index contributed by atoms with van der Waals surface area (Å²) >= 11 is 0. The Hall–Kier alpha value is -0.170. The van der Waals surface area contributed by atoms with Crippen molar-refractivity contribution in [2.45, 2.75) is 19.8 Å². The van der Waals surface area contributed by atoms with Gasteiger partial charge in [-0.25, -0.2) is 8.42 Å². The van der Waals surface area contributed by atoms with Crippen LogP contribution in [-0.2, 0) is 20.1 Å². The second-order valence-corrected chi connectivity index (χ2v) is 7.84. The third kappa shape index (κ3) is 4.46. The van der Waals surface area contributed by atoms with Gasteiger partial charge in [-0.15, -0.1) is 3.89 Å². The summed E-state index contributed by atoms with van der Waals surface area (Å²) < 4.78 is 55.8. The number of sulfone groups is 1. The fraction of sp³-hybridized carbons (Fsp3) is 1.00. The highest BCUT2D eigenvalue weighted by atomic mass is 32.3. The first kappa shape index (κ1) is 12.9. The molecule has 0 amide bonds. The molecule has 0 aromatic rings. The summed E-state index contributed by atoms with van der Waals surface area (Å²) in [6.45, 7) is 1.59. The monoisotopic (exact) mass is 258 g/mol. The van der Waals surface area contributed by atoms with Gasteiger partial charge in [0.25, 0.3) is 0 Å². The van der Waals surface area contributed by atoms with Crippen LogP contribution in [-0.4, -0.2) is 34.1 Å². The maximum absolute atomic E-state index is 12.4. The van der Waals surface area contributed by atoms with E-state index in [2.05, 4.69) is 0 Å². The molecule has 0 N–H and O–H groups in total. The Balaban J connectivity index is 2.65. The molecule has 90 valence electrons. The van der Waals surface area contributed by atoms with E-state index in [4.69, 9.17) is 0 Å². The molecule has 0 aromatic heterocycles. The van der Waals surface area contributed by atoms with Crippen molar-refractivity contribution in [1.29, 1.82) is 0 Å². The van der Waals surface area contributed by atoms with Crippen LogP contribution in [0.2, 0.25) is 0 Å². The van der Waals surface area contributed by atoms with Crippen molar-refractivity contribution in [1.82, 2.24) is 0 Å². The minimum Gasteiger partial charge on any atom is -0.229 e. The highest BCUT2D eigenvalue weighted by Gasteiger charge is 2.30. The summed E-state index contributed by atoms with van der Waals surface area (Å²) in [6, 6.07) is 0. The van der Waals surface area contributed by atoms with E-state index in [1.165, 1.54) is 0 Å². The average molecular weight is 258 g/mol. The van der Waals surface area contributed by atoms with Crippen LogP contribution in [0, 0.1) is 11.8 Å². The molecule has 1 aliphatic rings. The van der Waals surface area contributed by atoms with E-state index in [-0.39, 0.29) is 17.4 Å². The zero-order chi connectivity index (χ0) is 11.7. The van der Waals surface area contributed by atoms with Crippen LogP contribution in [0.4, 0.5) is 3.89 Å². The van der Waals surface area contributed by atoms with Crippen molar-refractivity contribution < 1.29 is 20.7 Å². The molecule has 1 fully saturated rings. The molecule has 1 rings (SSSR count). The lowest BCUT2D eigenvalue weighted by molar-refractivity contribution is 0.372. The Morgan fingerprint density at radius 2 is 2.07 bits per heavy atom. The zero-order valence-electron chi connectivity index (χ0n) is 8.52. The van der Waals surface area contributed by atoms with Gasteiger partial charge in [-0.05, 0) is 24.7 Å². The Morgan fingerprint density at radius 3 is 2.53 bits per heavy atom. The quantitative estimate of drug-likeness (QED) is 0.700. The second kappa shape index (κ2) is 4.37. The van der Waals surface area contributed by atoms with E-state index in [1.807, 2.05) is 0 Å². The standard InChI is InChI=1S/C8H15FO4S2/c1-7(5-15(9,12)13)8-3-2-4-14(10,11)6-8/h7-8H,2-6H2,1H3. The number of hydrogen-bond acceptors (Lipinski definition) is 4. The van der Waals surface area contributed by atoms with Gasteiger partial charge in [-0.1, -0.05) is 6.92 Å². The average Bonchev–Trinajstić information content (AvgIpc) is 1.99. The van der Waals surface area contributed by atoms with Gasteiger partial charge in [-0.2, -0.15) is 8.42 Å². The topological polar surface area (TPSA) is 68.3 Å². The lowest BCUT2D eigenvalue weighted by Gasteiger charge is -2.26. The molecule has 1 saturated heterocycles. The van der Waals surface area contributed by atoms with Gasteiger partial charge in [0.15, 0.2) is 9.84 Å². The van der Waals surface area contributed by atoms with E-state index in [0.717, 1.165) is 0 Å². The number of rotatable bonds is 3. The SMILES string of the molecule is CC(CS(=O)(=O)F)C1CCCS(=O)(=O)C1. The predicted octanol–water partition coefficient (Wildman–Crippen LogP) is 0.747. The second-order valence-electron chi connectivity index (χ2n) is 4.20. The summed E-state index contributed by atoms with van der Waals surface area (Å²) in [6.07, 6.45) is 1.21. The molecule has 1 aliphatic heterocycles. The smallest absolute Gasteiger partial charge is 0.229 e. The fourth-order valence-electron chi connectivity index (χ4n) is 1.96. The molecular formula is C8H15FO4S2. The molecule has 0 radical (unpaired) electrons. The molecule has 7 heteroatoms. The van der Waals surface area contributed by atoms with Crippen LogP contribution in [0.3, 0.4) is 0 Å². The first-order valence-electron chi connectivity index (χ1n) is 4.82. The molecule has 2 atom stereocenters. The fourth-order valence-corrected chi connectivity index (χ4v) is 4.78. The van der Waals surface area contributed by atoms with Crippen molar-refractivity contribution in [2.75, 3.05) is 17.3 Å². The summed E-state index contributed by atoms with van der Waals surface area (Å²) in [5, 5.41) is 0. The summed E-state index contributed by atoms with van der Waals surface area (Å²) in [5.74, 6) is -1.08. The largest absolute Gasteiger partial charge is 0.302 e. The molecule has 0 spiro atoms. The van der Waals surface area contributed by atoms with Gasteiger partial charge in [-0.3, -0.25) is 0 Å². The number of hydrogen-bond donors (Lipinski definition) is 0. The minimum atomic E-state index is -4.50. The van der Waals surface area contributed by atoms with Crippen molar-refractivity contribution >= 4 is 20.1 Å². The first-order valence-corrected chi connectivity index (χ1v) is 8.20. The van der Waals surface area contributed by atoms with Crippen molar-refractivity contribution in [2.24, 2.45) is 11.8 Å². The first-order chi connectivity index (χ1) is 6.70. The van der Waals surface area contributed by atoms with Gasteiger partial charge in [0, 0.05) is 0 Å². The summed E-state index contributed by atoms with van der Waals surface area (Å²) in [4.78, 5) is 0. The molecule has 4 nitrogen and oxygen atoms in total. The number of halogens is 1. The maximum Gasteiger partial charge on any atom is 0.302 e. The summed E-state index contributed by atoms with van der Waals surface area (Å²) in [5.41, 5.74) is 0. The minimum absolute atomic E-state index is 0.0102.